The molecule has 1 aromatic carbocycles. The zero-order valence-electron chi connectivity index (χ0n) is 10.7. The first-order valence-corrected chi connectivity index (χ1v) is 6.20. The number of rotatable bonds is 6. The normalized spacial score (nSPS) is 11.2. The van der Waals surface area contributed by atoms with E-state index in [1.54, 1.807) is 0 Å². The lowest BCUT2D eigenvalue weighted by molar-refractivity contribution is 0.706. The van der Waals surface area contributed by atoms with Crippen LogP contribution < -0.4 is 5.32 Å². The Hall–Kier alpha value is -1.59. The lowest BCUT2D eigenvalue weighted by Gasteiger charge is -2.06. The maximum absolute atomic E-state index is 8.84. The van der Waals surface area contributed by atoms with Crippen LogP contribution in [0.5, 0.6) is 0 Å². The van der Waals surface area contributed by atoms with Crippen molar-refractivity contribution < 1.29 is 0 Å². The molecule has 0 aliphatic carbocycles. The average molecular weight is 228 g/mol. The molecule has 2 heteroatoms. The Morgan fingerprint density at radius 3 is 2.88 bits per heavy atom. The van der Waals surface area contributed by atoms with E-state index < -0.39 is 0 Å². The van der Waals surface area contributed by atoms with E-state index in [1.165, 1.54) is 5.57 Å². The Balaban J connectivity index is 2.72. The molecule has 0 aliphatic rings. The minimum Gasteiger partial charge on any atom is -0.313 e. The zero-order chi connectivity index (χ0) is 12.5. The van der Waals surface area contributed by atoms with Crippen LogP contribution in [0.15, 0.2) is 29.8 Å². The van der Waals surface area contributed by atoms with Gasteiger partial charge >= 0.3 is 0 Å². The number of benzene rings is 1. The molecule has 1 rings (SSSR count). The predicted molar refractivity (Wildman–Crippen MR) is 72.6 cm³/mol. The molecule has 2 nitrogen and oxygen atoms in total. The van der Waals surface area contributed by atoms with Crippen LogP contribution in [0.3, 0.4) is 0 Å². The van der Waals surface area contributed by atoms with Crippen LogP contribution in [-0.4, -0.2) is 13.1 Å². The van der Waals surface area contributed by atoms with Crippen LogP contribution in [-0.2, 0) is 0 Å². The van der Waals surface area contributed by atoms with E-state index in [1.807, 2.05) is 24.3 Å². The molecule has 0 unspecified atom stereocenters. The standard InChI is InChI=1S/C15H20N2/c1-3-8-17-12-13(4-2)9-14-6-5-7-15(10-14)11-16/h5-7,9-10,17H,3-4,8,12H2,1-2H3. The molecular formula is C15H20N2. The van der Waals surface area contributed by atoms with Crippen LogP contribution >= 0.6 is 0 Å². The number of nitrogens with zero attached hydrogens (tertiary/aromatic N) is 1. The molecule has 1 aromatic rings. The minimum absolute atomic E-state index is 0.718. The van der Waals surface area contributed by atoms with Crippen molar-refractivity contribution in [1.29, 1.82) is 5.26 Å². The van der Waals surface area contributed by atoms with Gasteiger partial charge in [-0.25, -0.2) is 0 Å². The van der Waals surface area contributed by atoms with Gasteiger partial charge in [-0.1, -0.05) is 37.6 Å². The molecule has 1 N–H and O–H groups in total. The predicted octanol–water partition coefficient (Wildman–Crippen LogP) is 3.35. The summed E-state index contributed by atoms with van der Waals surface area (Å²) in [7, 11) is 0. The van der Waals surface area contributed by atoms with Crippen molar-refractivity contribution in [3.05, 3.63) is 41.0 Å². The van der Waals surface area contributed by atoms with Crippen molar-refractivity contribution in [2.24, 2.45) is 0 Å². The van der Waals surface area contributed by atoms with E-state index in [-0.39, 0.29) is 0 Å². The van der Waals surface area contributed by atoms with Gasteiger partial charge in [0.25, 0.3) is 0 Å². The van der Waals surface area contributed by atoms with Gasteiger partial charge in [-0.3, -0.25) is 0 Å². The Bertz CT molecular complexity index is 413. The van der Waals surface area contributed by atoms with Gasteiger partial charge in [0.1, 0.15) is 0 Å². The second-order valence-corrected chi connectivity index (χ2v) is 4.07. The number of hydrogen-bond acceptors (Lipinski definition) is 2. The van der Waals surface area contributed by atoms with E-state index in [4.69, 9.17) is 5.26 Å². The summed E-state index contributed by atoms with van der Waals surface area (Å²) >= 11 is 0. The summed E-state index contributed by atoms with van der Waals surface area (Å²) in [6, 6.07) is 9.89. The Morgan fingerprint density at radius 1 is 1.41 bits per heavy atom. The van der Waals surface area contributed by atoms with E-state index in [0.29, 0.717) is 0 Å². The van der Waals surface area contributed by atoms with Gasteiger partial charge in [-0.05, 0) is 37.1 Å². The lowest BCUT2D eigenvalue weighted by atomic mass is 10.1. The molecule has 0 amide bonds. The van der Waals surface area contributed by atoms with E-state index >= 15 is 0 Å². The SMILES string of the molecule is CCCNCC(=Cc1cccc(C#N)c1)CC. The second kappa shape index (κ2) is 7.65. The third-order valence-corrected chi connectivity index (χ3v) is 2.62. The summed E-state index contributed by atoms with van der Waals surface area (Å²) in [5, 5.41) is 12.2. The molecule has 17 heavy (non-hydrogen) atoms. The smallest absolute Gasteiger partial charge is 0.0991 e. The highest BCUT2D eigenvalue weighted by Crippen LogP contribution is 2.11. The molecule has 0 aromatic heterocycles. The van der Waals surface area contributed by atoms with Gasteiger partial charge in [0, 0.05) is 6.54 Å². The molecule has 90 valence electrons. The molecule has 0 atom stereocenters. The monoisotopic (exact) mass is 228 g/mol. The van der Waals surface area contributed by atoms with E-state index in [9.17, 15) is 0 Å². The van der Waals surface area contributed by atoms with Crippen molar-refractivity contribution in [3.63, 3.8) is 0 Å². The van der Waals surface area contributed by atoms with Crippen LogP contribution in [0.2, 0.25) is 0 Å². The molecule has 0 aliphatic heterocycles. The van der Waals surface area contributed by atoms with Gasteiger partial charge < -0.3 is 5.32 Å². The summed E-state index contributed by atoms with van der Waals surface area (Å²) < 4.78 is 0. The fourth-order valence-electron chi connectivity index (χ4n) is 1.64. The number of hydrogen-bond donors (Lipinski definition) is 1. The molecule has 0 bridgehead atoms. The first kappa shape index (κ1) is 13.5. The summed E-state index contributed by atoms with van der Waals surface area (Å²) in [5.41, 5.74) is 3.20. The second-order valence-electron chi connectivity index (χ2n) is 4.07. The highest BCUT2D eigenvalue weighted by atomic mass is 14.8. The first-order chi connectivity index (χ1) is 8.30. The summed E-state index contributed by atoms with van der Waals surface area (Å²) in [6.07, 6.45) is 4.36. The average Bonchev–Trinajstić information content (AvgIpc) is 2.38. The summed E-state index contributed by atoms with van der Waals surface area (Å²) in [5.74, 6) is 0. The van der Waals surface area contributed by atoms with Crippen LogP contribution in [0, 0.1) is 11.3 Å². The molecule has 0 radical (unpaired) electrons. The van der Waals surface area contributed by atoms with Gasteiger partial charge in [-0.2, -0.15) is 5.26 Å². The largest absolute Gasteiger partial charge is 0.313 e. The maximum atomic E-state index is 8.84. The highest BCUT2D eigenvalue weighted by molar-refractivity contribution is 5.55. The van der Waals surface area contributed by atoms with Crippen molar-refractivity contribution in [1.82, 2.24) is 5.32 Å². The molecule has 0 spiro atoms. The van der Waals surface area contributed by atoms with Gasteiger partial charge in [0.15, 0.2) is 0 Å². The highest BCUT2D eigenvalue weighted by Gasteiger charge is 1.96. The fraction of sp³-hybridized carbons (Fsp3) is 0.400. The Labute approximate surface area is 104 Å². The third-order valence-electron chi connectivity index (χ3n) is 2.62. The fourth-order valence-corrected chi connectivity index (χ4v) is 1.64. The number of nitrogens with one attached hydrogen (secondary N) is 1. The molecule has 0 saturated heterocycles. The lowest BCUT2D eigenvalue weighted by Crippen LogP contribution is -2.17. The molecular weight excluding hydrogens is 208 g/mol. The van der Waals surface area contributed by atoms with E-state index in [0.717, 1.165) is 37.1 Å². The third kappa shape index (κ3) is 4.84. The van der Waals surface area contributed by atoms with Crippen LogP contribution in [0.1, 0.15) is 37.8 Å². The Kier molecular flexibility index (Phi) is 6.06. The Morgan fingerprint density at radius 2 is 2.24 bits per heavy atom. The first-order valence-electron chi connectivity index (χ1n) is 6.20. The van der Waals surface area contributed by atoms with Crippen LogP contribution in [0.25, 0.3) is 6.08 Å². The van der Waals surface area contributed by atoms with Crippen molar-refractivity contribution in [2.45, 2.75) is 26.7 Å². The van der Waals surface area contributed by atoms with Gasteiger partial charge in [0.05, 0.1) is 11.6 Å². The zero-order valence-corrected chi connectivity index (χ0v) is 10.7. The molecule has 0 heterocycles. The van der Waals surface area contributed by atoms with Crippen molar-refractivity contribution in [3.8, 4) is 6.07 Å². The maximum Gasteiger partial charge on any atom is 0.0991 e. The number of nitriles is 1. The van der Waals surface area contributed by atoms with Crippen LogP contribution in [0.4, 0.5) is 0 Å². The summed E-state index contributed by atoms with van der Waals surface area (Å²) in [6.45, 7) is 6.31. The summed E-state index contributed by atoms with van der Waals surface area (Å²) in [4.78, 5) is 0. The van der Waals surface area contributed by atoms with Crippen molar-refractivity contribution in [2.75, 3.05) is 13.1 Å². The topological polar surface area (TPSA) is 35.8 Å². The molecule has 0 saturated carbocycles. The van der Waals surface area contributed by atoms with E-state index in [2.05, 4.69) is 31.3 Å². The minimum atomic E-state index is 0.718. The van der Waals surface area contributed by atoms with Gasteiger partial charge in [0.2, 0.25) is 0 Å². The molecule has 0 fully saturated rings. The quantitative estimate of drug-likeness (QED) is 0.758. The van der Waals surface area contributed by atoms with Gasteiger partial charge in [-0.15, -0.1) is 0 Å². The van der Waals surface area contributed by atoms with Crippen molar-refractivity contribution >= 4 is 6.08 Å².